The summed E-state index contributed by atoms with van der Waals surface area (Å²) >= 11 is 6.12. The number of aryl methyl sites for hydroxylation is 1. The number of amides is 2. The van der Waals surface area contributed by atoms with E-state index in [9.17, 15) is 9.59 Å². The van der Waals surface area contributed by atoms with Crippen molar-refractivity contribution >= 4 is 45.8 Å². The van der Waals surface area contributed by atoms with Gasteiger partial charge in [0.25, 0.3) is 0 Å². The first-order valence-corrected chi connectivity index (χ1v) is 7.13. The maximum Gasteiger partial charge on any atom is 0.239 e. The van der Waals surface area contributed by atoms with Gasteiger partial charge in [0.1, 0.15) is 4.32 Å². The van der Waals surface area contributed by atoms with Crippen LogP contribution in [0.3, 0.4) is 0 Å². The lowest BCUT2D eigenvalue weighted by Crippen LogP contribution is -2.27. The average molecular weight is 294 g/mol. The third-order valence-corrected chi connectivity index (χ3v) is 4.39. The third kappa shape index (κ3) is 3.33. The monoisotopic (exact) mass is 294 g/mol. The highest BCUT2D eigenvalue weighted by molar-refractivity contribution is 8.24. The molecule has 0 spiro atoms. The highest BCUT2D eigenvalue weighted by Gasteiger charge is 2.30. The standard InChI is InChI=1S/C13H14N2O2S2/c1-7-4-3-5-9(8(7)2)14-11(16)6-10-12(17)15-13(18)19-10/h3-5,10H,6H2,1-2H3,(H,14,16)(H,15,17,18)/t10-/m0/s1. The molecule has 0 aliphatic carbocycles. The van der Waals surface area contributed by atoms with Gasteiger partial charge < -0.3 is 10.6 Å². The number of rotatable bonds is 3. The fourth-order valence-electron chi connectivity index (χ4n) is 1.78. The van der Waals surface area contributed by atoms with Crippen molar-refractivity contribution in [3.8, 4) is 0 Å². The SMILES string of the molecule is Cc1cccc(NC(=O)C[C@@H]2SC(=S)NC2=O)c1C. The molecule has 1 heterocycles. The van der Waals surface area contributed by atoms with Gasteiger partial charge in [-0.1, -0.05) is 36.1 Å². The molecular formula is C13H14N2O2S2. The van der Waals surface area contributed by atoms with E-state index in [1.54, 1.807) is 0 Å². The predicted molar refractivity (Wildman–Crippen MR) is 81.3 cm³/mol. The smallest absolute Gasteiger partial charge is 0.239 e. The Balaban J connectivity index is 2.00. The van der Waals surface area contributed by atoms with Gasteiger partial charge in [-0.05, 0) is 31.0 Å². The molecule has 2 rings (SSSR count). The molecule has 100 valence electrons. The number of carbonyl (C=O) groups is 2. The topological polar surface area (TPSA) is 58.2 Å². The van der Waals surface area contributed by atoms with E-state index in [0.29, 0.717) is 4.32 Å². The van der Waals surface area contributed by atoms with Gasteiger partial charge >= 0.3 is 0 Å². The normalized spacial score (nSPS) is 18.3. The molecule has 1 aliphatic rings. The lowest BCUT2D eigenvalue weighted by Gasteiger charge is -2.11. The van der Waals surface area contributed by atoms with E-state index in [1.807, 2.05) is 32.0 Å². The van der Waals surface area contributed by atoms with Crippen LogP contribution >= 0.6 is 24.0 Å². The number of nitrogens with one attached hydrogen (secondary N) is 2. The van der Waals surface area contributed by atoms with Crippen LogP contribution in [-0.4, -0.2) is 21.4 Å². The molecule has 4 nitrogen and oxygen atoms in total. The summed E-state index contributed by atoms with van der Waals surface area (Å²) in [6.07, 6.45) is 0.129. The van der Waals surface area contributed by atoms with Crippen LogP contribution in [0, 0.1) is 13.8 Å². The van der Waals surface area contributed by atoms with Gasteiger partial charge in [-0.2, -0.15) is 0 Å². The van der Waals surface area contributed by atoms with E-state index in [4.69, 9.17) is 12.2 Å². The number of thioether (sulfide) groups is 1. The van der Waals surface area contributed by atoms with Crippen LogP contribution in [0.15, 0.2) is 18.2 Å². The zero-order chi connectivity index (χ0) is 14.0. The van der Waals surface area contributed by atoms with Crippen molar-refractivity contribution in [1.29, 1.82) is 0 Å². The Morgan fingerprint density at radius 3 is 2.84 bits per heavy atom. The molecule has 19 heavy (non-hydrogen) atoms. The van der Waals surface area contributed by atoms with Crippen molar-refractivity contribution in [3.05, 3.63) is 29.3 Å². The first kappa shape index (κ1) is 14.0. The Labute approximate surface area is 121 Å². The van der Waals surface area contributed by atoms with Crippen LogP contribution in [-0.2, 0) is 9.59 Å². The summed E-state index contributed by atoms with van der Waals surface area (Å²) in [4.78, 5) is 23.4. The second-order valence-corrected chi connectivity index (χ2v) is 6.26. The van der Waals surface area contributed by atoms with E-state index in [2.05, 4.69) is 10.6 Å². The molecule has 0 aromatic heterocycles. The number of hydrogen-bond acceptors (Lipinski definition) is 4. The largest absolute Gasteiger partial charge is 0.326 e. The maximum absolute atomic E-state index is 11.9. The summed E-state index contributed by atoms with van der Waals surface area (Å²) in [5.74, 6) is -0.364. The molecule has 1 aromatic rings. The van der Waals surface area contributed by atoms with E-state index in [1.165, 1.54) is 11.8 Å². The maximum atomic E-state index is 11.9. The van der Waals surface area contributed by atoms with Crippen LogP contribution in [0.2, 0.25) is 0 Å². The van der Waals surface area contributed by atoms with Crippen LogP contribution in [0.25, 0.3) is 0 Å². The van der Waals surface area contributed by atoms with Crippen molar-refractivity contribution in [1.82, 2.24) is 5.32 Å². The van der Waals surface area contributed by atoms with Gasteiger partial charge in [-0.3, -0.25) is 9.59 Å². The van der Waals surface area contributed by atoms with Crippen LogP contribution in [0.1, 0.15) is 17.5 Å². The first-order chi connectivity index (χ1) is 8.97. The lowest BCUT2D eigenvalue weighted by molar-refractivity contribution is -0.122. The fourth-order valence-corrected chi connectivity index (χ4v) is 3.05. The zero-order valence-electron chi connectivity index (χ0n) is 10.6. The Bertz CT molecular complexity index is 558. The van der Waals surface area contributed by atoms with E-state index in [0.717, 1.165) is 16.8 Å². The van der Waals surface area contributed by atoms with E-state index in [-0.39, 0.29) is 18.2 Å². The van der Waals surface area contributed by atoms with Crippen LogP contribution in [0.5, 0.6) is 0 Å². The zero-order valence-corrected chi connectivity index (χ0v) is 12.3. The summed E-state index contributed by atoms with van der Waals surface area (Å²) in [6, 6.07) is 5.74. The number of thiocarbonyl (C=S) groups is 1. The van der Waals surface area contributed by atoms with Gasteiger partial charge in [0.15, 0.2) is 0 Å². The second-order valence-electron chi connectivity index (χ2n) is 4.38. The van der Waals surface area contributed by atoms with Gasteiger partial charge in [-0.15, -0.1) is 0 Å². The van der Waals surface area contributed by atoms with Crippen molar-refractivity contribution < 1.29 is 9.59 Å². The minimum atomic E-state index is -0.419. The highest BCUT2D eigenvalue weighted by Crippen LogP contribution is 2.23. The van der Waals surface area contributed by atoms with Gasteiger partial charge in [0, 0.05) is 12.1 Å². The van der Waals surface area contributed by atoms with Gasteiger partial charge in [-0.25, -0.2) is 0 Å². The molecule has 2 N–H and O–H groups in total. The van der Waals surface area contributed by atoms with Crippen molar-refractivity contribution in [3.63, 3.8) is 0 Å². The minimum absolute atomic E-state index is 0.129. The summed E-state index contributed by atoms with van der Waals surface area (Å²) in [7, 11) is 0. The lowest BCUT2D eigenvalue weighted by atomic mass is 10.1. The van der Waals surface area contributed by atoms with Crippen LogP contribution < -0.4 is 10.6 Å². The summed E-state index contributed by atoms with van der Waals surface area (Å²) in [5, 5.41) is 4.95. The van der Waals surface area contributed by atoms with Gasteiger partial charge in [0.05, 0.1) is 5.25 Å². The van der Waals surface area contributed by atoms with E-state index < -0.39 is 5.25 Å². The molecule has 2 amide bonds. The molecule has 0 unspecified atom stereocenters. The number of carbonyl (C=O) groups excluding carboxylic acids is 2. The summed E-state index contributed by atoms with van der Waals surface area (Å²) < 4.78 is 0.439. The Morgan fingerprint density at radius 2 is 2.21 bits per heavy atom. The van der Waals surface area contributed by atoms with Crippen molar-refractivity contribution in [2.45, 2.75) is 25.5 Å². The molecule has 1 aliphatic heterocycles. The first-order valence-electron chi connectivity index (χ1n) is 5.85. The Hall–Kier alpha value is -1.40. The highest BCUT2D eigenvalue weighted by atomic mass is 32.2. The Morgan fingerprint density at radius 1 is 1.47 bits per heavy atom. The molecule has 0 bridgehead atoms. The molecule has 6 heteroatoms. The molecule has 0 radical (unpaired) electrons. The average Bonchev–Trinajstić information content (AvgIpc) is 2.64. The second kappa shape index (κ2) is 5.71. The Kier molecular flexibility index (Phi) is 4.21. The fraction of sp³-hybridized carbons (Fsp3) is 0.308. The predicted octanol–water partition coefficient (Wildman–Crippen LogP) is 2.15. The summed E-state index contributed by atoms with van der Waals surface area (Å²) in [6.45, 7) is 3.95. The molecule has 1 aromatic carbocycles. The molecule has 0 saturated carbocycles. The number of hydrogen-bond donors (Lipinski definition) is 2. The third-order valence-electron chi connectivity index (χ3n) is 3.02. The molecule has 1 fully saturated rings. The van der Waals surface area contributed by atoms with E-state index >= 15 is 0 Å². The molecule has 1 saturated heterocycles. The summed E-state index contributed by atoms with van der Waals surface area (Å²) in [5.41, 5.74) is 2.94. The minimum Gasteiger partial charge on any atom is -0.326 e. The quantitative estimate of drug-likeness (QED) is 0.839. The molecular weight excluding hydrogens is 280 g/mol. The number of anilines is 1. The van der Waals surface area contributed by atoms with Crippen molar-refractivity contribution in [2.24, 2.45) is 0 Å². The van der Waals surface area contributed by atoms with Crippen molar-refractivity contribution in [2.75, 3.05) is 5.32 Å². The molecule has 1 atom stereocenters. The number of benzene rings is 1. The van der Waals surface area contributed by atoms with Crippen LogP contribution in [0.4, 0.5) is 5.69 Å². The van der Waals surface area contributed by atoms with Gasteiger partial charge in [0.2, 0.25) is 11.8 Å².